The van der Waals surface area contributed by atoms with Gasteiger partial charge in [0.15, 0.2) is 0 Å². The molecule has 0 aromatic heterocycles. The number of hydrogen-bond acceptors (Lipinski definition) is 3. The highest BCUT2D eigenvalue weighted by molar-refractivity contribution is 7.92. The van der Waals surface area contributed by atoms with Crippen LogP contribution < -0.4 is 9.62 Å². The van der Waals surface area contributed by atoms with E-state index in [2.05, 4.69) is 5.32 Å². The number of benzene rings is 3. The quantitative estimate of drug-likeness (QED) is 0.482. The maximum atomic E-state index is 13.3. The number of sulfonamides is 1. The van der Waals surface area contributed by atoms with Gasteiger partial charge in [-0.2, -0.15) is 0 Å². The Morgan fingerprint density at radius 3 is 2.20 bits per heavy atom. The van der Waals surface area contributed by atoms with Gasteiger partial charge in [0, 0.05) is 15.7 Å². The minimum Gasteiger partial charge on any atom is -0.324 e. The first-order valence-electron chi connectivity index (χ1n) is 8.77. The van der Waals surface area contributed by atoms with Gasteiger partial charge in [-0.25, -0.2) is 8.42 Å². The lowest BCUT2D eigenvalue weighted by molar-refractivity contribution is -0.114. The molecule has 0 unspecified atom stereocenters. The first-order chi connectivity index (χ1) is 14.2. The van der Waals surface area contributed by atoms with E-state index >= 15 is 0 Å². The molecule has 0 bridgehead atoms. The van der Waals surface area contributed by atoms with E-state index in [0.717, 1.165) is 9.87 Å². The number of hydrogen-bond donors (Lipinski definition) is 1. The van der Waals surface area contributed by atoms with Gasteiger partial charge >= 0.3 is 0 Å². The van der Waals surface area contributed by atoms with Crippen LogP contribution in [0.4, 0.5) is 11.4 Å². The zero-order chi connectivity index (χ0) is 21.9. The Morgan fingerprint density at radius 1 is 0.933 bits per heavy atom. The standard InChI is InChI=1S/C21H17Cl3N2O3S/c1-14-11-15(22)7-9-19(14)25-21(27)13-26(20-10-8-16(23)12-18(20)24)30(28,29)17-5-3-2-4-6-17/h2-12H,13H2,1H3,(H,25,27). The van der Waals surface area contributed by atoms with Gasteiger partial charge in [0.05, 0.1) is 15.6 Å². The van der Waals surface area contributed by atoms with Crippen LogP contribution in [0.2, 0.25) is 15.1 Å². The fourth-order valence-corrected chi connectivity index (χ4v) is 5.04. The molecule has 9 heteroatoms. The largest absolute Gasteiger partial charge is 0.324 e. The fraction of sp³-hybridized carbons (Fsp3) is 0.0952. The van der Waals surface area contributed by atoms with Crippen LogP contribution in [0.3, 0.4) is 0 Å². The van der Waals surface area contributed by atoms with Gasteiger partial charge in [0.1, 0.15) is 6.54 Å². The molecule has 0 atom stereocenters. The number of amides is 1. The summed E-state index contributed by atoms with van der Waals surface area (Å²) in [5, 5.41) is 3.71. The van der Waals surface area contributed by atoms with Crippen LogP contribution in [0.15, 0.2) is 71.6 Å². The molecular formula is C21H17Cl3N2O3S. The van der Waals surface area contributed by atoms with Crippen molar-refractivity contribution in [3.8, 4) is 0 Å². The molecule has 1 N–H and O–H groups in total. The molecule has 30 heavy (non-hydrogen) atoms. The first kappa shape index (κ1) is 22.4. The van der Waals surface area contributed by atoms with Crippen molar-refractivity contribution in [2.24, 2.45) is 0 Å². The molecule has 3 aromatic carbocycles. The summed E-state index contributed by atoms with van der Waals surface area (Å²) < 4.78 is 27.6. The highest BCUT2D eigenvalue weighted by atomic mass is 35.5. The van der Waals surface area contributed by atoms with Gasteiger partial charge in [-0.05, 0) is 61.0 Å². The molecule has 0 radical (unpaired) electrons. The molecule has 1 amide bonds. The fourth-order valence-electron chi connectivity index (χ4n) is 2.79. The Morgan fingerprint density at radius 2 is 1.57 bits per heavy atom. The van der Waals surface area contributed by atoms with Crippen molar-refractivity contribution in [1.82, 2.24) is 0 Å². The van der Waals surface area contributed by atoms with Crippen LogP contribution in [0.1, 0.15) is 5.56 Å². The molecule has 0 aliphatic heterocycles. The lowest BCUT2D eigenvalue weighted by atomic mass is 10.2. The molecule has 0 heterocycles. The van der Waals surface area contributed by atoms with Crippen molar-refractivity contribution < 1.29 is 13.2 Å². The lowest BCUT2D eigenvalue weighted by Crippen LogP contribution is -2.38. The minimum absolute atomic E-state index is 0.0338. The third kappa shape index (κ3) is 5.08. The first-order valence-corrected chi connectivity index (χ1v) is 11.3. The van der Waals surface area contributed by atoms with E-state index in [1.165, 1.54) is 30.3 Å². The third-order valence-corrected chi connectivity index (χ3v) is 6.81. The van der Waals surface area contributed by atoms with E-state index in [1.807, 2.05) is 0 Å². The van der Waals surface area contributed by atoms with Gasteiger partial charge in [-0.1, -0.05) is 53.0 Å². The third-order valence-electron chi connectivity index (χ3n) is 4.26. The smallest absolute Gasteiger partial charge is 0.264 e. The zero-order valence-electron chi connectivity index (χ0n) is 15.8. The van der Waals surface area contributed by atoms with Crippen molar-refractivity contribution in [3.63, 3.8) is 0 Å². The number of carbonyl (C=O) groups is 1. The van der Waals surface area contributed by atoms with E-state index in [4.69, 9.17) is 34.8 Å². The second kappa shape index (κ2) is 9.27. The summed E-state index contributed by atoms with van der Waals surface area (Å²) in [6.45, 7) is 1.30. The molecule has 0 fully saturated rings. The molecule has 3 aromatic rings. The molecular weight excluding hydrogens is 467 g/mol. The number of nitrogens with zero attached hydrogens (tertiary/aromatic N) is 1. The highest BCUT2D eigenvalue weighted by Gasteiger charge is 2.29. The van der Waals surface area contributed by atoms with Gasteiger partial charge < -0.3 is 5.32 Å². The van der Waals surface area contributed by atoms with Crippen molar-refractivity contribution >= 4 is 62.1 Å². The van der Waals surface area contributed by atoms with Gasteiger partial charge in [0.25, 0.3) is 10.0 Å². The molecule has 5 nitrogen and oxygen atoms in total. The predicted octanol–water partition coefficient (Wildman–Crippen LogP) is 5.79. The van der Waals surface area contributed by atoms with E-state index in [9.17, 15) is 13.2 Å². The Bertz CT molecular complexity index is 1190. The van der Waals surface area contributed by atoms with Crippen LogP contribution in [-0.4, -0.2) is 20.9 Å². The Hall–Kier alpha value is -2.25. The van der Waals surface area contributed by atoms with E-state index < -0.39 is 22.5 Å². The van der Waals surface area contributed by atoms with Gasteiger partial charge in [-0.3, -0.25) is 9.10 Å². The molecule has 3 rings (SSSR count). The maximum absolute atomic E-state index is 13.3. The lowest BCUT2D eigenvalue weighted by Gasteiger charge is -2.25. The summed E-state index contributed by atoms with van der Waals surface area (Å²) in [5.74, 6) is -0.536. The monoisotopic (exact) mass is 482 g/mol. The Balaban J connectivity index is 1.98. The second-order valence-corrected chi connectivity index (χ2v) is 9.57. The van der Waals surface area contributed by atoms with Crippen LogP contribution in [-0.2, 0) is 14.8 Å². The van der Waals surface area contributed by atoms with Crippen LogP contribution in [0.5, 0.6) is 0 Å². The minimum atomic E-state index is -4.07. The number of rotatable bonds is 6. The molecule has 0 aliphatic rings. The summed E-state index contributed by atoms with van der Waals surface area (Å²) in [6, 6.07) is 17.2. The normalized spacial score (nSPS) is 11.2. The van der Waals surface area contributed by atoms with E-state index in [-0.39, 0.29) is 15.6 Å². The average molecular weight is 484 g/mol. The SMILES string of the molecule is Cc1cc(Cl)ccc1NC(=O)CN(c1ccc(Cl)cc1Cl)S(=O)(=O)c1ccccc1. The number of anilines is 2. The van der Waals surface area contributed by atoms with Crippen LogP contribution >= 0.6 is 34.8 Å². The Labute approximate surface area is 190 Å². The number of carbonyl (C=O) groups excluding carboxylic acids is 1. The summed E-state index contributed by atoms with van der Waals surface area (Å²) in [4.78, 5) is 12.8. The number of aryl methyl sites for hydroxylation is 1. The summed E-state index contributed by atoms with van der Waals surface area (Å²) in [7, 11) is -4.07. The van der Waals surface area contributed by atoms with Crippen molar-refractivity contribution in [2.45, 2.75) is 11.8 Å². The summed E-state index contributed by atoms with van der Waals surface area (Å²) >= 11 is 18.2. The van der Waals surface area contributed by atoms with Crippen molar-refractivity contribution in [2.75, 3.05) is 16.2 Å². The van der Waals surface area contributed by atoms with Gasteiger partial charge in [0.2, 0.25) is 5.91 Å². The zero-order valence-corrected chi connectivity index (χ0v) is 18.9. The van der Waals surface area contributed by atoms with Crippen molar-refractivity contribution in [3.05, 3.63) is 87.4 Å². The highest BCUT2D eigenvalue weighted by Crippen LogP contribution is 2.32. The maximum Gasteiger partial charge on any atom is 0.264 e. The van der Waals surface area contributed by atoms with Crippen molar-refractivity contribution in [1.29, 1.82) is 0 Å². The Kier molecular flexibility index (Phi) is 6.93. The number of nitrogens with one attached hydrogen (secondary N) is 1. The second-order valence-electron chi connectivity index (χ2n) is 6.43. The van der Waals surface area contributed by atoms with E-state index in [0.29, 0.717) is 15.7 Å². The number of halogens is 3. The summed E-state index contributed by atoms with van der Waals surface area (Å²) in [5.41, 5.74) is 1.43. The van der Waals surface area contributed by atoms with Gasteiger partial charge in [-0.15, -0.1) is 0 Å². The molecule has 0 saturated carbocycles. The molecule has 156 valence electrons. The molecule has 0 saturated heterocycles. The predicted molar refractivity (Wildman–Crippen MR) is 122 cm³/mol. The summed E-state index contributed by atoms with van der Waals surface area (Å²) in [6.07, 6.45) is 0. The topological polar surface area (TPSA) is 66.5 Å². The molecule has 0 spiro atoms. The molecule has 0 aliphatic carbocycles. The van der Waals surface area contributed by atoms with Crippen LogP contribution in [0, 0.1) is 6.92 Å². The average Bonchev–Trinajstić information content (AvgIpc) is 2.69. The van der Waals surface area contributed by atoms with E-state index in [1.54, 1.807) is 43.3 Å². The van der Waals surface area contributed by atoms with Crippen LogP contribution in [0.25, 0.3) is 0 Å².